The summed E-state index contributed by atoms with van der Waals surface area (Å²) >= 11 is 6.91. The van der Waals surface area contributed by atoms with Crippen molar-refractivity contribution in [3.8, 4) is 0 Å². The van der Waals surface area contributed by atoms with Gasteiger partial charge in [0.05, 0.1) is 51.5 Å². The molecule has 0 atom stereocenters. The van der Waals surface area contributed by atoms with Crippen LogP contribution in [-0.4, -0.2) is 28.3 Å². The molecule has 2 aromatic carbocycles. The lowest BCUT2D eigenvalue weighted by atomic mass is 10.2. The second kappa shape index (κ2) is 11.5. The van der Waals surface area contributed by atoms with Crippen molar-refractivity contribution in [1.29, 1.82) is 0 Å². The normalized spacial score (nSPS) is 12.5. The molecule has 11 heteroatoms. The standard InChI is InChI=1S/C25H21ClF3N3O3S/c1-4-17(11-9-15(2)35-3)32-23(34)18-7-5-6-8-20(18)31-24(32)36-14-22(33)30-21-13-16(25(27,28)29)10-12-19(21)26/h4-13H,1,14H2,2-3H3,(H,30,33). The molecule has 6 nitrogen and oxygen atoms in total. The number of nitrogens with one attached hydrogen (secondary N) is 1. The Morgan fingerprint density at radius 1 is 1.25 bits per heavy atom. The molecule has 0 saturated heterocycles. The summed E-state index contributed by atoms with van der Waals surface area (Å²) in [5, 5.41) is 2.90. The fourth-order valence-corrected chi connectivity index (χ4v) is 4.03. The van der Waals surface area contributed by atoms with E-state index in [0.717, 1.165) is 30.0 Å². The predicted octanol–water partition coefficient (Wildman–Crippen LogP) is 6.38. The first-order valence-electron chi connectivity index (χ1n) is 10.4. The Morgan fingerprint density at radius 2 is 1.97 bits per heavy atom. The fourth-order valence-electron chi connectivity index (χ4n) is 3.06. The Kier molecular flexibility index (Phi) is 8.65. The van der Waals surface area contributed by atoms with E-state index in [0.29, 0.717) is 22.4 Å². The lowest BCUT2D eigenvalue weighted by Gasteiger charge is -2.14. The molecule has 0 aliphatic rings. The highest BCUT2D eigenvalue weighted by Crippen LogP contribution is 2.34. The molecular formula is C25H21ClF3N3O3S. The van der Waals surface area contributed by atoms with E-state index in [2.05, 4.69) is 16.9 Å². The van der Waals surface area contributed by atoms with Gasteiger partial charge in [-0.3, -0.25) is 14.2 Å². The highest BCUT2D eigenvalue weighted by atomic mass is 35.5. The topological polar surface area (TPSA) is 73.2 Å². The second-order valence-corrected chi connectivity index (χ2v) is 8.71. The van der Waals surface area contributed by atoms with Crippen molar-refractivity contribution in [3.63, 3.8) is 0 Å². The number of carbonyl (C=O) groups is 1. The molecule has 1 heterocycles. The Hall–Kier alpha value is -3.50. The van der Waals surface area contributed by atoms with Crippen molar-refractivity contribution in [2.75, 3.05) is 18.2 Å². The quantitative estimate of drug-likeness (QED) is 0.157. The van der Waals surface area contributed by atoms with Gasteiger partial charge in [0.1, 0.15) is 0 Å². The first-order valence-corrected chi connectivity index (χ1v) is 11.8. The lowest BCUT2D eigenvalue weighted by Crippen LogP contribution is -2.23. The summed E-state index contributed by atoms with van der Waals surface area (Å²) in [5.74, 6) is -0.300. The number of carbonyl (C=O) groups excluding carboxylic acids is 1. The summed E-state index contributed by atoms with van der Waals surface area (Å²) in [6, 6.07) is 9.39. The van der Waals surface area contributed by atoms with E-state index < -0.39 is 17.6 Å². The molecule has 36 heavy (non-hydrogen) atoms. The van der Waals surface area contributed by atoms with Crippen LogP contribution in [0.1, 0.15) is 12.5 Å². The molecule has 0 bridgehead atoms. The molecule has 0 saturated carbocycles. The fraction of sp³-hybridized carbons (Fsp3) is 0.160. The SMILES string of the molecule is C=CC(=CC=C(C)OC)n1c(SCC(=O)Nc2cc(C(F)(F)F)ccc2Cl)nc2ccccc2c1=O. The molecule has 1 amide bonds. The van der Waals surface area contributed by atoms with E-state index in [1.165, 1.54) is 17.8 Å². The molecule has 0 unspecified atom stereocenters. The summed E-state index contributed by atoms with van der Waals surface area (Å²) in [7, 11) is 1.51. The molecule has 1 aromatic heterocycles. The summed E-state index contributed by atoms with van der Waals surface area (Å²) in [4.78, 5) is 30.5. The van der Waals surface area contributed by atoms with E-state index in [1.807, 2.05) is 0 Å². The van der Waals surface area contributed by atoms with Crippen LogP contribution in [0, 0.1) is 0 Å². The number of alkyl halides is 3. The van der Waals surface area contributed by atoms with Gasteiger partial charge in [0.25, 0.3) is 5.56 Å². The van der Waals surface area contributed by atoms with Gasteiger partial charge in [-0.15, -0.1) is 0 Å². The van der Waals surface area contributed by atoms with E-state index in [-0.39, 0.29) is 27.2 Å². The van der Waals surface area contributed by atoms with Gasteiger partial charge >= 0.3 is 6.18 Å². The highest BCUT2D eigenvalue weighted by molar-refractivity contribution is 7.99. The van der Waals surface area contributed by atoms with Crippen LogP contribution in [0.2, 0.25) is 5.02 Å². The largest absolute Gasteiger partial charge is 0.501 e. The molecule has 3 aromatic rings. The number of allylic oxidation sites excluding steroid dienone is 5. The van der Waals surface area contributed by atoms with E-state index in [1.54, 1.807) is 43.3 Å². The second-order valence-electron chi connectivity index (χ2n) is 7.36. The van der Waals surface area contributed by atoms with Crippen molar-refractivity contribution >= 4 is 51.6 Å². The monoisotopic (exact) mass is 535 g/mol. The average molecular weight is 536 g/mol. The van der Waals surface area contributed by atoms with Crippen molar-refractivity contribution < 1.29 is 22.7 Å². The summed E-state index contributed by atoms with van der Waals surface area (Å²) in [5.41, 5.74) is -0.681. The van der Waals surface area contributed by atoms with Gasteiger partial charge < -0.3 is 10.1 Å². The zero-order chi connectivity index (χ0) is 26.5. The number of rotatable bonds is 8. The minimum absolute atomic E-state index is 0.0423. The van der Waals surface area contributed by atoms with Crippen LogP contribution in [0.4, 0.5) is 18.9 Å². The summed E-state index contributed by atoms with van der Waals surface area (Å²) < 4.78 is 45.5. The predicted molar refractivity (Wildman–Crippen MR) is 137 cm³/mol. The van der Waals surface area contributed by atoms with Gasteiger partial charge in [0.15, 0.2) is 5.16 Å². The van der Waals surface area contributed by atoms with Gasteiger partial charge in [0, 0.05) is 0 Å². The average Bonchev–Trinajstić information content (AvgIpc) is 2.84. The number of halogens is 4. The number of aromatic nitrogens is 2. The maximum Gasteiger partial charge on any atom is 0.416 e. The molecular weight excluding hydrogens is 515 g/mol. The van der Waals surface area contributed by atoms with Crippen LogP contribution < -0.4 is 10.9 Å². The number of anilines is 1. The lowest BCUT2D eigenvalue weighted by molar-refractivity contribution is -0.137. The van der Waals surface area contributed by atoms with E-state index >= 15 is 0 Å². The Morgan fingerprint density at radius 3 is 2.64 bits per heavy atom. The van der Waals surface area contributed by atoms with Crippen molar-refractivity contribution in [3.05, 3.63) is 94.0 Å². The zero-order valence-corrected chi connectivity index (χ0v) is 20.8. The minimum atomic E-state index is -4.59. The number of fused-ring (bicyclic) bond motifs is 1. The van der Waals surface area contributed by atoms with E-state index in [4.69, 9.17) is 16.3 Å². The Balaban J connectivity index is 1.96. The van der Waals surface area contributed by atoms with Crippen LogP contribution >= 0.6 is 23.4 Å². The summed E-state index contributed by atoms with van der Waals surface area (Å²) in [6.07, 6.45) is 0.141. The van der Waals surface area contributed by atoms with Gasteiger partial charge in [-0.1, -0.05) is 42.1 Å². The third-order valence-corrected chi connectivity index (χ3v) is 6.19. The van der Waals surface area contributed by atoms with Crippen LogP contribution in [0.15, 0.2) is 83.0 Å². The number of nitrogens with zero attached hydrogens (tertiary/aromatic N) is 2. The molecule has 1 N–H and O–H groups in total. The molecule has 0 fully saturated rings. The van der Waals surface area contributed by atoms with Gasteiger partial charge in [-0.2, -0.15) is 13.2 Å². The maximum absolute atomic E-state index is 13.3. The number of hydrogen-bond acceptors (Lipinski definition) is 5. The van der Waals surface area contributed by atoms with Crippen LogP contribution in [0.5, 0.6) is 0 Å². The molecule has 0 aliphatic heterocycles. The van der Waals surface area contributed by atoms with Gasteiger partial charge in [0.2, 0.25) is 5.91 Å². The van der Waals surface area contributed by atoms with E-state index in [9.17, 15) is 22.8 Å². The molecule has 3 rings (SSSR count). The zero-order valence-electron chi connectivity index (χ0n) is 19.2. The maximum atomic E-state index is 13.3. The van der Waals surface area contributed by atoms with Gasteiger partial charge in [-0.05, 0) is 55.5 Å². The molecule has 0 spiro atoms. The smallest absolute Gasteiger partial charge is 0.416 e. The van der Waals surface area contributed by atoms with Crippen LogP contribution in [0.25, 0.3) is 16.6 Å². The minimum Gasteiger partial charge on any atom is -0.501 e. The number of amides is 1. The molecule has 0 aliphatic carbocycles. The van der Waals surface area contributed by atoms with Crippen LogP contribution in [-0.2, 0) is 15.7 Å². The van der Waals surface area contributed by atoms with Crippen LogP contribution in [0.3, 0.4) is 0 Å². The number of methoxy groups -OCH3 is 1. The van der Waals surface area contributed by atoms with Crippen molar-refractivity contribution in [2.24, 2.45) is 0 Å². The number of ether oxygens (including phenoxy) is 1. The van der Waals surface area contributed by atoms with Crippen molar-refractivity contribution in [1.82, 2.24) is 9.55 Å². The number of thioether (sulfide) groups is 1. The summed E-state index contributed by atoms with van der Waals surface area (Å²) in [6.45, 7) is 5.50. The number of benzene rings is 2. The number of para-hydroxylation sites is 1. The first-order chi connectivity index (χ1) is 17.0. The third kappa shape index (κ3) is 6.38. The number of hydrogen-bond donors (Lipinski definition) is 1. The Labute approximate surface area is 214 Å². The Bertz CT molecular complexity index is 1430. The van der Waals surface area contributed by atoms with Gasteiger partial charge in [-0.25, -0.2) is 4.98 Å². The molecule has 0 radical (unpaired) electrons. The molecule has 188 valence electrons. The first kappa shape index (κ1) is 27.1. The third-order valence-electron chi connectivity index (χ3n) is 4.92. The van der Waals surface area contributed by atoms with Crippen molar-refractivity contribution in [2.45, 2.75) is 18.3 Å². The highest BCUT2D eigenvalue weighted by Gasteiger charge is 2.31.